The van der Waals surface area contributed by atoms with E-state index in [-0.39, 0.29) is 24.1 Å². The van der Waals surface area contributed by atoms with Crippen molar-refractivity contribution in [2.24, 2.45) is 0 Å². The molecule has 1 aliphatic heterocycles. The summed E-state index contributed by atoms with van der Waals surface area (Å²) in [4.78, 5) is 46.9. The average Bonchev–Trinajstić information content (AvgIpc) is 3.39. The predicted octanol–water partition coefficient (Wildman–Crippen LogP) is 3.61. The van der Waals surface area contributed by atoms with Gasteiger partial charge in [-0.25, -0.2) is 4.98 Å². The molecule has 0 saturated carbocycles. The Bertz CT molecular complexity index is 1130. The molecule has 0 bridgehead atoms. The van der Waals surface area contributed by atoms with Crippen LogP contribution < -0.4 is 5.32 Å². The molecule has 0 aliphatic carbocycles. The van der Waals surface area contributed by atoms with Crippen LogP contribution in [0.4, 0.5) is 5.13 Å². The summed E-state index contributed by atoms with van der Waals surface area (Å²) in [6, 6.07) is 11.4. The van der Waals surface area contributed by atoms with Crippen molar-refractivity contribution in [1.82, 2.24) is 14.8 Å². The normalized spacial score (nSPS) is 14.1. The second-order valence-electron chi connectivity index (χ2n) is 8.02. The Balaban J connectivity index is 1.28. The Morgan fingerprint density at radius 2 is 1.82 bits per heavy atom. The molecule has 3 heterocycles. The molecule has 0 radical (unpaired) electrons. The van der Waals surface area contributed by atoms with Gasteiger partial charge in [-0.2, -0.15) is 0 Å². The second kappa shape index (κ2) is 10.7. The molecule has 7 nitrogen and oxygen atoms in total. The molecule has 0 unspecified atom stereocenters. The van der Waals surface area contributed by atoms with Crippen molar-refractivity contribution in [1.29, 1.82) is 0 Å². The SMILES string of the molecule is Cc1cccc(C(=O)N2CCCN(C(=O)Cc3csc(NC(=O)Cc4cccs4)n3)CC2)c1. The number of carbonyl (C=O) groups excluding carboxylic acids is 3. The van der Waals surface area contributed by atoms with Crippen LogP contribution in [0, 0.1) is 6.92 Å². The monoisotopic (exact) mass is 482 g/mol. The minimum Gasteiger partial charge on any atom is -0.341 e. The first-order valence-electron chi connectivity index (χ1n) is 10.9. The number of rotatable bonds is 6. The first-order valence-corrected chi connectivity index (χ1v) is 12.6. The first kappa shape index (κ1) is 23.1. The fraction of sp³-hybridized carbons (Fsp3) is 0.333. The van der Waals surface area contributed by atoms with E-state index in [4.69, 9.17) is 0 Å². The van der Waals surface area contributed by atoms with Gasteiger partial charge in [0.2, 0.25) is 11.8 Å². The summed E-state index contributed by atoms with van der Waals surface area (Å²) in [7, 11) is 0. The fourth-order valence-corrected chi connectivity index (χ4v) is 5.21. The zero-order chi connectivity index (χ0) is 23.2. The number of carbonyl (C=O) groups is 3. The summed E-state index contributed by atoms with van der Waals surface area (Å²) in [5.74, 6) is -0.118. The summed E-state index contributed by atoms with van der Waals surface area (Å²) in [5.41, 5.74) is 2.39. The Kier molecular flexibility index (Phi) is 7.51. The van der Waals surface area contributed by atoms with Crippen LogP contribution >= 0.6 is 22.7 Å². The van der Waals surface area contributed by atoms with E-state index in [0.717, 1.165) is 16.9 Å². The van der Waals surface area contributed by atoms with Gasteiger partial charge in [-0.1, -0.05) is 23.8 Å². The third-order valence-corrected chi connectivity index (χ3v) is 7.13. The van der Waals surface area contributed by atoms with Crippen LogP contribution in [-0.4, -0.2) is 58.7 Å². The smallest absolute Gasteiger partial charge is 0.253 e. The Hall–Kier alpha value is -3.04. The van der Waals surface area contributed by atoms with Crippen LogP contribution in [0.1, 0.15) is 32.9 Å². The van der Waals surface area contributed by atoms with E-state index in [0.29, 0.717) is 49.0 Å². The molecule has 1 aromatic carbocycles. The standard InChI is InChI=1S/C24H26N4O3S2/c1-17-5-2-6-18(13-17)23(31)28-9-4-8-27(10-11-28)22(30)14-19-16-33-24(25-19)26-21(29)15-20-7-3-12-32-20/h2-3,5-7,12-13,16H,4,8-11,14-15H2,1H3,(H,25,26,29). The number of amides is 3. The van der Waals surface area contributed by atoms with Crippen molar-refractivity contribution in [2.45, 2.75) is 26.2 Å². The number of hydrogen-bond acceptors (Lipinski definition) is 6. The molecule has 33 heavy (non-hydrogen) atoms. The highest BCUT2D eigenvalue weighted by molar-refractivity contribution is 7.14. The quantitative estimate of drug-likeness (QED) is 0.582. The van der Waals surface area contributed by atoms with Crippen LogP contribution in [0.15, 0.2) is 47.2 Å². The van der Waals surface area contributed by atoms with Gasteiger partial charge < -0.3 is 15.1 Å². The number of nitrogens with one attached hydrogen (secondary N) is 1. The Morgan fingerprint density at radius 1 is 1.00 bits per heavy atom. The molecule has 1 fully saturated rings. The van der Waals surface area contributed by atoms with Gasteiger partial charge in [0, 0.05) is 42.0 Å². The van der Waals surface area contributed by atoms with Gasteiger partial charge in [-0.15, -0.1) is 22.7 Å². The molecule has 4 rings (SSSR count). The van der Waals surface area contributed by atoms with E-state index in [2.05, 4.69) is 10.3 Å². The molecule has 172 valence electrons. The predicted molar refractivity (Wildman–Crippen MR) is 131 cm³/mol. The molecule has 2 aromatic heterocycles. The summed E-state index contributed by atoms with van der Waals surface area (Å²) in [5, 5.41) is 7.06. The van der Waals surface area contributed by atoms with E-state index in [1.54, 1.807) is 16.2 Å². The number of benzene rings is 1. The van der Waals surface area contributed by atoms with Gasteiger partial charge in [0.15, 0.2) is 5.13 Å². The Labute approximate surface area is 201 Å². The number of thiophene rings is 1. The molecule has 3 aromatic rings. The van der Waals surface area contributed by atoms with E-state index in [9.17, 15) is 14.4 Å². The van der Waals surface area contributed by atoms with E-state index in [1.807, 2.05) is 59.0 Å². The molecule has 1 aliphatic rings. The van der Waals surface area contributed by atoms with Gasteiger partial charge >= 0.3 is 0 Å². The summed E-state index contributed by atoms with van der Waals surface area (Å²) >= 11 is 2.86. The van der Waals surface area contributed by atoms with Crippen LogP contribution in [0.5, 0.6) is 0 Å². The van der Waals surface area contributed by atoms with Crippen molar-refractivity contribution in [2.75, 3.05) is 31.5 Å². The van der Waals surface area contributed by atoms with Crippen LogP contribution in [-0.2, 0) is 22.4 Å². The zero-order valence-electron chi connectivity index (χ0n) is 18.5. The maximum absolute atomic E-state index is 12.9. The van der Waals surface area contributed by atoms with Crippen molar-refractivity contribution >= 4 is 45.5 Å². The zero-order valence-corrected chi connectivity index (χ0v) is 20.1. The lowest BCUT2D eigenvalue weighted by Crippen LogP contribution is -2.38. The van der Waals surface area contributed by atoms with Crippen LogP contribution in [0.3, 0.4) is 0 Å². The van der Waals surface area contributed by atoms with E-state index >= 15 is 0 Å². The molecule has 0 atom stereocenters. The fourth-order valence-electron chi connectivity index (χ4n) is 3.78. The van der Waals surface area contributed by atoms with E-state index in [1.165, 1.54) is 11.3 Å². The van der Waals surface area contributed by atoms with Gasteiger partial charge in [-0.05, 0) is 36.9 Å². The average molecular weight is 483 g/mol. The maximum Gasteiger partial charge on any atom is 0.253 e. The summed E-state index contributed by atoms with van der Waals surface area (Å²) < 4.78 is 0. The lowest BCUT2D eigenvalue weighted by atomic mass is 10.1. The minimum atomic E-state index is -0.115. The van der Waals surface area contributed by atoms with Gasteiger partial charge in [0.05, 0.1) is 18.5 Å². The lowest BCUT2D eigenvalue weighted by molar-refractivity contribution is -0.130. The topological polar surface area (TPSA) is 82.6 Å². The number of hydrogen-bond donors (Lipinski definition) is 1. The summed E-state index contributed by atoms with van der Waals surface area (Å²) in [6.07, 6.45) is 1.24. The van der Waals surface area contributed by atoms with Crippen molar-refractivity contribution in [3.8, 4) is 0 Å². The van der Waals surface area contributed by atoms with Gasteiger partial charge in [0.1, 0.15) is 0 Å². The highest BCUT2D eigenvalue weighted by atomic mass is 32.1. The van der Waals surface area contributed by atoms with Gasteiger partial charge in [-0.3, -0.25) is 14.4 Å². The lowest BCUT2D eigenvalue weighted by Gasteiger charge is -2.22. The minimum absolute atomic E-state index is 0.00966. The van der Waals surface area contributed by atoms with Crippen molar-refractivity contribution in [3.05, 3.63) is 68.9 Å². The third kappa shape index (κ3) is 6.27. The number of aryl methyl sites for hydroxylation is 1. The molecular formula is C24H26N4O3S2. The number of thiazole rings is 1. The van der Waals surface area contributed by atoms with Crippen molar-refractivity contribution < 1.29 is 14.4 Å². The molecule has 1 N–H and O–H groups in total. The number of anilines is 1. The molecule has 0 spiro atoms. The molecule has 3 amide bonds. The highest BCUT2D eigenvalue weighted by Gasteiger charge is 2.23. The van der Waals surface area contributed by atoms with E-state index < -0.39 is 0 Å². The first-order chi connectivity index (χ1) is 16.0. The summed E-state index contributed by atoms with van der Waals surface area (Å²) in [6.45, 7) is 4.24. The number of aromatic nitrogens is 1. The largest absolute Gasteiger partial charge is 0.341 e. The highest BCUT2D eigenvalue weighted by Crippen LogP contribution is 2.18. The van der Waals surface area contributed by atoms with Crippen molar-refractivity contribution in [3.63, 3.8) is 0 Å². The van der Waals surface area contributed by atoms with Gasteiger partial charge in [0.25, 0.3) is 5.91 Å². The Morgan fingerprint density at radius 3 is 2.61 bits per heavy atom. The second-order valence-corrected chi connectivity index (χ2v) is 9.91. The molecule has 9 heteroatoms. The van der Waals surface area contributed by atoms with Crippen LogP contribution in [0.25, 0.3) is 0 Å². The molecule has 1 saturated heterocycles. The maximum atomic E-state index is 12.9. The molecular weight excluding hydrogens is 456 g/mol. The number of nitrogens with zero attached hydrogens (tertiary/aromatic N) is 3. The third-order valence-electron chi connectivity index (χ3n) is 5.45. The van der Waals surface area contributed by atoms with Crippen LogP contribution in [0.2, 0.25) is 0 Å².